The molecule has 0 saturated carbocycles. The predicted molar refractivity (Wildman–Crippen MR) is 103 cm³/mol. The van der Waals surface area contributed by atoms with Crippen molar-refractivity contribution >= 4 is 45.2 Å². The summed E-state index contributed by atoms with van der Waals surface area (Å²) in [5.74, 6) is 1.10. The molecule has 0 bridgehead atoms. The van der Waals surface area contributed by atoms with Crippen LogP contribution in [0.4, 0.5) is 5.69 Å². The Hall–Kier alpha value is -1.05. The first-order chi connectivity index (χ1) is 11.5. The largest absolute Gasteiger partial charge is 0.323 e. The van der Waals surface area contributed by atoms with E-state index in [2.05, 4.69) is 34.7 Å². The topological polar surface area (TPSA) is 43.9 Å². The van der Waals surface area contributed by atoms with E-state index in [1.54, 1.807) is 21.6 Å². The molecule has 24 heavy (non-hydrogen) atoms. The molecule has 0 N–H and O–H groups in total. The Morgan fingerprint density at radius 3 is 2.62 bits per heavy atom. The Kier molecular flexibility index (Phi) is 7.58. The van der Waals surface area contributed by atoms with Gasteiger partial charge in [-0.2, -0.15) is 0 Å². The fraction of sp³-hybridized carbons (Fsp3) is 0.529. The lowest BCUT2D eigenvalue weighted by Gasteiger charge is -2.28. The van der Waals surface area contributed by atoms with Gasteiger partial charge in [-0.1, -0.05) is 35.8 Å². The Morgan fingerprint density at radius 2 is 2.04 bits per heavy atom. The molecule has 0 radical (unpaired) electrons. The van der Waals surface area contributed by atoms with Crippen molar-refractivity contribution in [3.05, 3.63) is 28.7 Å². The van der Waals surface area contributed by atoms with Crippen LogP contribution in [0.25, 0.3) is 0 Å². The van der Waals surface area contributed by atoms with Crippen LogP contribution in [-0.4, -0.2) is 66.0 Å². The normalized spacial score (nSPS) is 14.5. The molecule has 7 heteroatoms. The Morgan fingerprint density at radius 1 is 1.29 bits per heavy atom. The molecule has 132 valence electrons. The summed E-state index contributed by atoms with van der Waals surface area (Å²) in [6.07, 6.45) is 0. The number of rotatable bonds is 8. The third-order valence-electron chi connectivity index (χ3n) is 4.11. The summed E-state index contributed by atoms with van der Waals surface area (Å²) >= 11 is 5.03. The van der Waals surface area contributed by atoms with E-state index in [4.69, 9.17) is 0 Å². The van der Waals surface area contributed by atoms with E-state index in [0.29, 0.717) is 18.2 Å². The minimum absolute atomic E-state index is 0.0314. The molecular formula is C17H24BrN3O2S. The van der Waals surface area contributed by atoms with Gasteiger partial charge in [0.15, 0.2) is 0 Å². The van der Waals surface area contributed by atoms with Crippen LogP contribution >= 0.6 is 27.7 Å². The highest BCUT2D eigenvalue weighted by atomic mass is 79.9. The molecule has 2 rings (SSSR count). The predicted octanol–water partition coefficient (Wildman–Crippen LogP) is 2.66. The van der Waals surface area contributed by atoms with Crippen molar-refractivity contribution < 1.29 is 9.59 Å². The number of halogens is 1. The van der Waals surface area contributed by atoms with Crippen LogP contribution in [0.1, 0.15) is 13.8 Å². The summed E-state index contributed by atoms with van der Waals surface area (Å²) in [6.45, 7) is 7.73. The van der Waals surface area contributed by atoms with Crippen molar-refractivity contribution in [3.8, 4) is 0 Å². The Labute approximate surface area is 156 Å². The van der Waals surface area contributed by atoms with E-state index in [1.165, 1.54) is 0 Å². The van der Waals surface area contributed by atoms with E-state index in [-0.39, 0.29) is 18.4 Å². The molecule has 1 aromatic rings. The van der Waals surface area contributed by atoms with Crippen molar-refractivity contribution in [3.63, 3.8) is 0 Å². The maximum absolute atomic E-state index is 12.8. The second-order valence-electron chi connectivity index (χ2n) is 5.62. The molecule has 1 saturated heterocycles. The van der Waals surface area contributed by atoms with Gasteiger partial charge in [-0.15, -0.1) is 11.8 Å². The van der Waals surface area contributed by atoms with Crippen molar-refractivity contribution in [2.24, 2.45) is 0 Å². The second-order valence-corrected chi connectivity index (χ2v) is 7.49. The number of thioether (sulfide) groups is 1. The van der Waals surface area contributed by atoms with Gasteiger partial charge < -0.3 is 14.7 Å². The lowest BCUT2D eigenvalue weighted by molar-refractivity contribution is -0.131. The van der Waals surface area contributed by atoms with E-state index >= 15 is 0 Å². The molecule has 0 aliphatic carbocycles. The zero-order valence-electron chi connectivity index (χ0n) is 14.2. The lowest BCUT2D eigenvalue weighted by atomic mass is 10.2. The summed E-state index contributed by atoms with van der Waals surface area (Å²) in [5.41, 5.74) is 0.862. The van der Waals surface area contributed by atoms with Crippen LogP contribution in [0.15, 0.2) is 28.7 Å². The zero-order valence-corrected chi connectivity index (χ0v) is 16.6. The number of hydrogen-bond donors (Lipinski definition) is 0. The average Bonchev–Trinajstić information content (AvgIpc) is 2.96. The Bertz CT molecular complexity index is 581. The van der Waals surface area contributed by atoms with Crippen LogP contribution in [0, 0.1) is 0 Å². The van der Waals surface area contributed by atoms with Crippen molar-refractivity contribution in [1.29, 1.82) is 0 Å². The van der Waals surface area contributed by atoms with Gasteiger partial charge in [-0.25, -0.2) is 0 Å². The van der Waals surface area contributed by atoms with Gasteiger partial charge >= 0.3 is 0 Å². The monoisotopic (exact) mass is 413 g/mol. The molecule has 1 fully saturated rings. The smallest absolute Gasteiger partial charge is 0.246 e. The van der Waals surface area contributed by atoms with Crippen LogP contribution in [0.2, 0.25) is 0 Å². The maximum atomic E-state index is 12.8. The van der Waals surface area contributed by atoms with Gasteiger partial charge in [0.1, 0.15) is 6.54 Å². The van der Waals surface area contributed by atoms with Crippen LogP contribution in [0.3, 0.4) is 0 Å². The van der Waals surface area contributed by atoms with Crippen molar-refractivity contribution in [1.82, 2.24) is 9.80 Å². The zero-order chi connectivity index (χ0) is 17.5. The van der Waals surface area contributed by atoms with Gasteiger partial charge in [-0.05, 0) is 31.3 Å². The standard InChI is InChI=1S/C17H24BrN3O2S/c1-3-19(4-2)8-9-21(15-7-5-6-14(18)10-15)16(22)11-20-13-24-12-17(20)23/h5-7,10H,3-4,8-9,11-13H2,1-2H3. The van der Waals surface area contributed by atoms with E-state index in [0.717, 1.165) is 29.8 Å². The van der Waals surface area contributed by atoms with Crippen LogP contribution in [-0.2, 0) is 9.59 Å². The average molecular weight is 414 g/mol. The van der Waals surface area contributed by atoms with Crippen molar-refractivity contribution in [2.75, 3.05) is 49.3 Å². The number of hydrogen-bond acceptors (Lipinski definition) is 4. The number of nitrogens with zero attached hydrogens (tertiary/aromatic N) is 3. The molecule has 1 aromatic carbocycles. The molecule has 0 atom stereocenters. The van der Waals surface area contributed by atoms with Crippen molar-refractivity contribution in [2.45, 2.75) is 13.8 Å². The SMILES string of the molecule is CCN(CC)CCN(C(=O)CN1CSCC1=O)c1cccc(Br)c1. The summed E-state index contributed by atoms with van der Waals surface area (Å²) in [6, 6.07) is 7.75. The van der Waals surface area contributed by atoms with Crippen LogP contribution < -0.4 is 4.90 Å². The number of likely N-dealkylation sites (N-methyl/N-ethyl adjacent to an activating group) is 1. The first-order valence-corrected chi connectivity index (χ1v) is 10.1. The molecular weight excluding hydrogens is 390 g/mol. The third kappa shape index (κ3) is 5.22. The first kappa shape index (κ1) is 19.3. The second kappa shape index (κ2) is 9.44. The summed E-state index contributed by atoms with van der Waals surface area (Å²) in [7, 11) is 0. The van der Waals surface area contributed by atoms with E-state index in [1.807, 2.05) is 24.3 Å². The minimum atomic E-state index is -0.0314. The van der Waals surface area contributed by atoms with E-state index in [9.17, 15) is 9.59 Å². The molecule has 0 spiro atoms. The number of amides is 2. The molecule has 1 aliphatic rings. The summed E-state index contributed by atoms with van der Waals surface area (Å²) in [4.78, 5) is 30.3. The fourth-order valence-corrected chi connectivity index (χ4v) is 3.90. The molecule has 5 nitrogen and oxygen atoms in total. The first-order valence-electron chi connectivity index (χ1n) is 8.19. The van der Waals surface area contributed by atoms with Crippen LogP contribution in [0.5, 0.6) is 0 Å². The van der Waals surface area contributed by atoms with Gasteiger partial charge in [0.05, 0.1) is 11.6 Å². The Balaban J connectivity index is 2.11. The summed E-state index contributed by atoms with van der Waals surface area (Å²) in [5, 5.41) is 0. The number of carbonyl (C=O) groups excluding carboxylic acids is 2. The van der Waals surface area contributed by atoms with Gasteiger partial charge in [-0.3, -0.25) is 9.59 Å². The number of benzene rings is 1. The number of carbonyl (C=O) groups is 2. The molecule has 1 heterocycles. The minimum Gasteiger partial charge on any atom is -0.323 e. The summed E-state index contributed by atoms with van der Waals surface area (Å²) < 4.78 is 0.938. The lowest BCUT2D eigenvalue weighted by Crippen LogP contribution is -2.44. The highest BCUT2D eigenvalue weighted by Crippen LogP contribution is 2.21. The molecule has 0 unspecified atom stereocenters. The highest BCUT2D eigenvalue weighted by molar-refractivity contribution is 9.10. The molecule has 1 aliphatic heterocycles. The van der Waals surface area contributed by atoms with Gasteiger partial charge in [0.25, 0.3) is 0 Å². The molecule has 0 aromatic heterocycles. The fourth-order valence-electron chi connectivity index (χ4n) is 2.61. The maximum Gasteiger partial charge on any atom is 0.246 e. The quantitative estimate of drug-likeness (QED) is 0.656. The number of anilines is 1. The third-order valence-corrected chi connectivity index (χ3v) is 5.55. The molecule has 2 amide bonds. The highest BCUT2D eigenvalue weighted by Gasteiger charge is 2.26. The van der Waals surface area contributed by atoms with E-state index < -0.39 is 0 Å². The van der Waals surface area contributed by atoms with Gasteiger partial charge in [0.2, 0.25) is 11.8 Å². The van der Waals surface area contributed by atoms with Gasteiger partial charge in [0, 0.05) is 23.2 Å².